The zero-order valence-electron chi connectivity index (χ0n) is 26.0. The fourth-order valence-corrected chi connectivity index (χ4v) is 5.53. The molecular formula is C37H42N4O4. The molecule has 2 heterocycles. The molecule has 45 heavy (non-hydrogen) atoms. The van der Waals surface area contributed by atoms with Crippen LogP contribution in [0.4, 0.5) is 5.69 Å². The highest BCUT2D eigenvalue weighted by Gasteiger charge is 2.22. The van der Waals surface area contributed by atoms with E-state index in [0.29, 0.717) is 11.4 Å². The van der Waals surface area contributed by atoms with E-state index in [1.165, 1.54) is 38.5 Å². The molecule has 1 fully saturated rings. The highest BCUT2D eigenvalue weighted by atomic mass is 16.5. The van der Waals surface area contributed by atoms with Gasteiger partial charge < -0.3 is 20.1 Å². The number of carbonyl (C=O) groups is 2. The van der Waals surface area contributed by atoms with Gasteiger partial charge in [0.05, 0.1) is 6.61 Å². The zero-order valence-corrected chi connectivity index (χ0v) is 26.0. The number of nitrogens with one attached hydrogen (secondary N) is 1. The summed E-state index contributed by atoms with van der Waals surface area (Å²) in [6.07, 6.45) is 12.2. The average Bonchev–Trinajstić information content (AvgIpc) is 3.62. The van der Waals surface area contributed by atoms with Crippen LogP contribution in [0.15, 0.2) is 85.2 Å². The van der Waals surface area contributed by atoms with E-state index in [1.807, 2.05) is 60.7 Å². The number of carboxylic acid groups (broad SMARTS) is 1. The molecule has 0 aliphatic carbocycles. The minimum atomic E-state index is -1.08. The van der Waals surface area contributed by atoms with Crippen LogP contribution in [-0.4, -0.2) is 52.7 Å². The summed E-state index contributed by atoms with van der Waals surface area (Å²) in [5.74, 6) is -0.0422. The van der Waals surface area contributed by atoms with Crippen molar-refractivity contribution in [1.29, 1.82) is 0 Å². The van der Waals surface area contributed by atoms with Crippen LogP contribution in [0.2, 0.25) is 0 Å². The van der Waals surface area contributed by atoms with Gasteiger partial charge in [-0.2, -0.15) is 0 Å². The predicted octanol–water partition coefficient (Wildman–Crippen LogP) is 7.19. The maximum atomic E-state index is 12.8. The first-order valence-electron chi connectivity index (χ1n) is 16.0. The number of carbonyl (C=O) groups excluding carboxylic acids is 1. The standard InChI is InChI=1S/C37H42N4O4/c1-2-3-4-5-8-23-45-33-19-15-28(16-20-33)31-25-38-35(39-26-31)29-11-9-27(10-12-29)24-34(37(43)44)40-36(42)30-13-17-32(18-14-30)41-21-6-7-22-41/h9-20,25-26,34H,2-8,21-24H2,1H3,(H,40,42)(H,43,44). The highest BCUT2D eigenvalue weighted by molar-refractivity contribution is 5.97. The summed E-state index contributed by atoms with van der Waals surface area (Å²) in [6, 6.07) is 21.7. The van der Waals surface area contributed by atoms with Gasteiger partial charge in [-0.25, -0.2) is 14.8 Å². The first-order chi connectivity index (χ1) is 22.0. The lowest BCUT2D eigenvalue weighted by Crippen LogP contribution is -2.42. The summed E-state index contributed by atoms with van der Waals surface area (Å²) in [5, 5.41) is 12.5. The smallest absolute Gasteiger partial charge is 0.326 e. The molecule has 1 unspecified atom stereocenters. The van der Waals surface area contributed by atoms with Crippen molar-refractivity contribution in [1.82, 2.24) is 15.3 Å². The fraction of sp³-hybridized carbons (Fsp3) is 0.351. The Kier molecular flexibility index (Phi) is 11.2. The molecule has 5 rings (SSSR count). The highest BCUT2D eigenvalue weighted by Crippen LogP contribution is 2.24. The van der Waals surface area contributed by atoms with Gasteiger partial charge >= 0.3 is 5.97 Å². The number of amides is 1. The van der Waals surface area contributed by atoms with Crippen molar-refractivity contribution >= 4 is 17.6 Å². The molecule has 8 nitrogen and oxygen atoms in total. The van der Waals surface area contributed by atoms with Crippen LogP contribution in [0.5, 0.6) is 5.75 Å². The van der Waals surface area contributed by atoms with E-state index in [2.05, 4.69) is 27.1 Å². The summed E-state index contributed by atoms with van der Waals surface area (Å²) in [5.41, 5.74) is 5.05. The summed E-state index contributed by atoms with van der Waals surface area (Å²) < 4.78 is 5.87. The molecule has 2 N–H and O–H groups in total. The van der Waals surface area contributed by atoms with E-state index in [1.54, 1.807) is 24.5 Å². The number of carboxylic acids is 1. The molecule has 0 spiro atoms. The molecule has 0 radical (unpaired) electrons. The zero-order chi connectivity index (χ0) is 31.4. The molecule has 1 atom stereocenters. The van der Waals surface area contributed by atoms with Gasteiger partial charge in [-0.3, -0.25) is 4.79 Å². The normalized spacial score (nSPS) is 13.4. The van der Waals surface area contributed by atoms with Gasteiger partial charge in [0.25, 0.3) is 5.91 Å². The number of aromatic nitrogens is 2. The molecule has 1 saturated heterocycles. The van der Waals surface area contributed by atoms with E-state index in [0.717, 1.165) is 59.8 Å². The molecule has 1 aliphatic rings. The van der Waals surface area contributed by atoms with Gasteiger partial charge in [0.15, 0.2) is 5.82 Å². The third-order valence-electron chi connectivity index (χ3n) is 8.21. The van der Waals surface area contributed by atoms with Crippen molar-refractivity contribution in [3.8, 4) is 28.3 Å². The van der Waals surface area contributed by atoms with Crippen molar-refractivity contribution in [3.63, 3.8) is 0 Å². The third-order valence-corrected chi connectivity index (χ3v) is 8.21. The van der Waals surface area contributed by atoms with Gasteiger partial charge in [-0.1, -0.05) is 69.0 Å². The second-order valence-electron chi connectivity index (χ2n) is 11.6. The van der Waals surface area contributed by atoms with Crippen molar-refractivity contribution in [2.75, 3.05) is 24.6 Å². The molecule has 3 aromatic carbocycles. The summed E-state index contributed by atoms with van der Waals surface area (Å²) in [6.45, 7) is 4.99. The van der Waals surface area contributed by atoms with Crippen LogP contribution in [-0.2, 0) is 11.2 Å². The predicted molar refractivity (Wildman–Crippen MR) is 178 cm³/mol. The van der Waals surface area contributed by atoms with Gasteiger partial charge in [-0.15, -0.1) is 0 Å². The lowest BCUT2D eigenvalue weighted by Gasteiger charge is -2.18. The SMILES string of the molecule is CCCCCCCOc1ccc(-c2cnc(-c3ccc(CC(NC(=O)c4ccc(N5CCCC5)cc4)C(=O)O)cc3)nc2)cc1. The number of aliphatic carboxylic acids is 1. The molecule has 1 aliphatic heterocycles. The maximum Gasteiger partial charge on any atom is 0.326 e. The van der Waals surface area contributed by atoms with Crippen molar-refractivity contribution in [2.24, 2.45) is 0 Å². The number of benzene rings is 3. The Morgan fingerprint density at radius 3 is 2.11 bits per heavy atom. The quantitative estimate of drug-likeness (QED) is 0.138. The van der Waals surface area contributed by atoms with Crippen molar-refractivity contribution < 1.29 is 19.4 Å². The Morgan fingerprint density at radius 1 is 0.822 bits per heavy atom. The van der Waals surface area contributed by atoms with Gasteiger partial charge in [0, 0.05) is 54.3 Å². The molecule has 234 valence electrons. The first-order valence-corrected chi connectivity index (χ1v) is 16.0. The Bertz CT molecular complexity index is 1520. The van der Waals surface area contributed by atoms with Crippen LogP contribution in [0, 0.1) is 0 Å². The van der Waals surface area contributed by atoms with Crippen LogP contribution in [0.1, 0.15) is 67.8 Å². The Morgan fingerprint density at radius 2 is 1.47 bits per heavy atom. The molecule has 8 heteroatoms. The van der Waals surface area contributed by atoms with E-state index >= 15 is 0 Å². The number of ether oxygens (including phenoxy) is 1. The second kappa shape index (κ2) is 15.8. The minimum absolute atomic E-state index is 0.158. The van der Waals surface area contributed by atoms with Crippen LogP contribution in [0.3, 0.4) is 0 Å². The number of nitrogens with zero attached hydrogens (tertiary/aromatic N) is 3. The van der Waals surface area contributed by atoms with E-state index in [9.17, 15) is 14.7 Å². The molecule has 0 saturated carbocycles. The monoisotopic (exact) mass is 606 g/mol. The van der Waals surface area contributed by atoms with E-state index in [-0.39, 0.29) is 6.42 Å². The number of hydrogen-bond donors (Lipinski definition) is 2. The number of hydrogen-bond acceptors (Lipinski definition) is 6. The van der Waals surface area contributed by atoms with Crippen LogP contribution < -0.4 is 15.0 Å². The third kappa shape index (κ3) is 8.91. The van der Waals surface area contributed by atoms with Crippen LogP contribution >= 0.6 is 0 Å². The largest absolute Gasteiger partial charge is 0.494 e. The van der Waals surface area contributed by atoms with Crippen molar-refractivity contribution in [2.45, 2.75) is 64.3 Å². The number of rotatable bonds is 15. The fourth-order valence-electron chi connectivity index (χ4n) is 5.53. The van der Waals surface area contributed by atoms with E-state index in [4.69, 9.17) is 4.74 Å². The first kappa shape index (κ1) is 31.7. The second-order valence-corrected chi connectivity index (χ2v) is 11.6. The summed E-state index contributed by atoms with van der Waals surface area (Å²) in [4.78, 5) is 36.2. The topological polar surface area (TPSA) is 105 Å². The van der Waals surface area contributed by atoms with Crippen LogP contribution in [0.25, 0.3) is 22.5 Å². The summed E-state index contributed by atoms with van der Waals surface area (Å²) in [7, 11) is 0. The Labute approximate surface area is 265 Å². The van der Waals surface area contributed by atoms with Gasteiger partial charge in [0.2, 0.25) is 0 Å². The molecule has 4 aromatic rings. The minimum Gasteiger partial charge on any atom is -0.494 e. The Balaban J connectivity index is 1.14. The van der Waals surface area contributed by atoms with Crippen molar-refractivity contribution in [3.05, 3.63) is 96.3 Å². The maximum absolute atomic E-state index is 12.8. The average molecular weight is 607 g/mol. The molecule has 1 aromatic heterocycles. The lowest BCUT2D eigenvalue weighted by atomic mass is 10.0. The molecule has 0 bridgehead atoms. The van der Waals surface area contributed by atoms with Gasteiger partial charge in [-0.05, 0) is 66.8 Å². The van der Waals surface area contributed by atoms with Gasteiger partial charge in [0.1, 0.15) is 11.8 Å². The van der Waals surface area contributed by atoms with E-state index < -0.39 is 17.9 Å². The number of anilines is 1. The molecular weight excluding hydrogens is 564 g/mol. The molecule has 1 amide bonds. The lowest BCUT2D eigenvalue weighted by molar-refractivity contribution is -0.139. The number of unbranched alkanes of at least 4 members (excludes halogenated alkanes) is 4. The Hall–Kier alpha value is -4.72. The summed E-state index contributed by atoms with van der Waals surface area (Å²) >= 11 is 0.